The first-order chi connectivity index (χ1) is 9.65. The van der Waals surface area contributed by atoms with Crippen molar-refractivity contribution in [1.29, 1.82) is 5.41 Å². The van der Waals surface area contributed by atoms with Gasteiger partial charge < -0.3 is 11.1 Å². The number of guanidine groups is 1. The van der Waals surface area contributed by atoms with Crippen molar-refractivity contribution >= 4 is 23.3 Å². The van der Waals surface area contributed by atoms with E-state index in [0.29, 0.717) is 11.7 Å². The van der Waals surface area contributed by atoms with Gasteiger partial charge in [-0.05, 0) is 43.6 Å². The van der Waals surface area contributed by atoms with Gasteiger partial charge in [0.2, 0.25) is 0 Å². The van der Waals surface area contributed by atoms with Crippen LogP contribution in [0.3, 0.4) is 0 Å². The lowest BCUT2D eigenvalue weighted by atomic mass is 10.2. The summed E-state index contributed by atoms with van der Waals surface area (Å²) in [6.45, 7) is 3.57. The number of pyridine rings is 1. The molecule has 0 atom stereocenters. The topological polar surface area (TPSA) is 78.0 Å². The third-order valence-electron chi connectivity index (χ3n) is 2.88. The van der Waals surface area contributed by atoms with Gasteiger partial charge >= 0.3 is 0 Å². The molecule has 110 valence electrons. The van der Waals surface area contributed by atoms with Crippen molar-refractivity contribution in [2.45, 2.75) is 32.6 Å². The Morgan fingerprint density at radius 2 is 2.25 bits per heavy atom. The maximum atomic E-state index is 7.61. The van der Waals surface area contributed by atoms with Crippen LogP contribution in [0, 0.1) is 5.41 Å². The monoisotopic (exact) mass is 293 g/mol. The predicted molar refractivity (Wildman–Crippen MR) is 86.7 cm³/mol. The highest BCUT2D eigenvalue weighted by molar-refractivity contribution is 7.80. The molecule has 0 amide bonds. The molecule has 1 aromatic heterocycles. The number of nitrogens with one attached hydrogen (secondary N) is 2. The van der Waals surface area contributed by atoms with Gasteiger partial charge in [-0.15, -0.1) is 0 Å². The molecule has 0 aromatic carbocycles. The van der Waals surface area contributed by atoms with Crippen LogP contribution in [0.2, 0.25) is 0 Å². The van der Waals surface area contributed by atoms with E-state index in [4.69, 9.17) is 23.4 Å². The van der Waals surface area contributed by atoms with Gasteiger partial charge in [-0.2, -0.15) is 0 Å². The van der Waals surface area contributed by atoms with E-state index in [-0.39, 0.29) is 5.96 Å². The zero-order valence-electron chi connectivity index (χ0n) is 11.9. The fourth-order valence-corrected chi connectivity index (χ4v) is 2.05. The molecule has 4 N–H and O–H groups in total. The molecule has 5 nitrogen and oxygen atoms in total. The minimum absolute atomic E-state index is 0.0139. The summed E-state index contributed by atoms with van der Waals surface area (Å²) in [6.07, 6.45) is 5.65. The van der Waals surface area contributed by atoms with Crippen LogP contribution in [0.25, 0.3) is 0 Å². The number of hydrogen-bond donors (Lipinski definition) is 3. The Hall–Kier alpha value is -1.69. The van der Waals surface area contributed by atoms with Crippen LogP contribution in [-0.2, 0) is 6.42 Å². The van der Waals surface area contributed by atoms with Crippen molar-refractivity contribution in [2.75, 3.05) is 13.1 Å². The minimum Gasteiger partial charge on any atom is -0.370 e. The molecular formula is C14H23N5S. The highest BCUT2D eigenvalue weighted by Gasteiger charge is 2.11. The molecular weight excluding hydrogens is 270 g/mol. The third kappa shape index (κ3) is 5.97. The van der Waals surface area contributed by atoms with E-state index < -0.39 is 0 Å². The Labute approximate surface area is 126 Å². The summed E-state index contributed by atoms with van der Waals surface area (Å²) in [6, 6.07) is 5.87. The fourth-order valence-electron chi connectivity index (χ4n) is 1.76. The smallest absolute Gasteiger partial charge is 0.194 e. The highest BCUT2D eigenvalue weighted by Crippen LogP contribution is 2.01. The standard InChI is InChI=1S/C14H23N5S/c1-2-3-9-18-14(20)19(13(15)16)11-6-8-12-7-4-5-10-17-12/h4-5,7,10H,2-3,6,8-9,11H2,1H3,(H3,15,16)(H,18,20). The number of hydrogen-bond acceptors (Lipinski definition) is 3. The third-order valence-corrected chi connectivity index (χ3v) is 3.25. The van der Waals surface area contributed by atoms with Gasteiger partial charge in [0.25, 0.3) is 0 Å². The molecule has 1 aromatic rings. The summed E-state index contributed by atoms with van der Waals surface area (Å²) >= 11 is 5.27. The van der Waals surface area contributed by atoms with Crippen molar-refractivity contribution in [2.24, 2.45) is 5.73 Å². The van der Waals surface area contributed by atoms with Gasteiger partial charge in [0.1, 0.15) is 0 Å². The molecule has 0 saturated carbocycles. The second kappa shape index (κ2) is 9.25. The summed E-state index contributed by atoms with van der Waals surface area (Å²) in [5.41, 5.74) is 6.63. The normalized spacial score (nSPS) is 10.1. The van der Waals surface area contributed by atoms with E-state index in [1.54, 1.807) is 11.1 Å². The number of aromatic nitrogens is 1. The molecule has 0 aliphatic carbocycles. The lowest BCUT2D eigenvalue weighted by Gasteiger charge is -2.23. The first-order valence-corrected chi connectivity index (χ1v) is 7.35. The first-order valence-electron chi connectivity index (χ1n) is 6.94. The molecule has 1 rings (SSSR count). The number of unbranched alkanes of at least 4 members (excludes halogenated alkanes) is 1. The molecule has 0 spiro atoms. The van der Waals surface area contributed by atoms with Crippen LogP contribution < -0.4 is 11.1 Å². The Kier molecular flexibility index (Phi) is 7.57. The van der Waals surface area contributed by atoms with Crippen LogP contribution in [0.5, 0.6) is 0 Å². The average Bonchev–Trinajstić information content (AvgIpc) is 2.44. The van der Waals surface area contributed by atoms with Crippen LogP contribution >= 0.6 is 12.2 Å². The van der Waals surface area contributed by atoms with Crippen molar-refractivity contribution in [3.63, 3.8) is 0 Å². The molecule has 0 fully saturated rings. The number of nitrogens with two attached hydrogens (primary N) is 1. The fraction of sp³-hybridized carbons (Fsp3) is 0.500. The first kappa shape index (κ1) is 16.4. The molecule has 0 bridgehead atoms. The Bertz CT molecular complexity index is 421. The summed E-state index contributed by atoms with van der Waals surface area (Å²) < 4.78 is 0. The number of thiocarbonyl (C=S) groups is 1. The predicted octanol–water partition coefficient (Wildman–Crippen LogP) is 1.88. The molecule has 0 saturated heterocycles. The van der Waals surface area contributed by atoms with Crippen LogP contribution in [0.15, 0.2) is 24.4 Å². The Balaban J connectivity index is 2.39. The number of aryl methyl sites for hydroxylation is 1. The molecule has 6 heteroatoms. The SMILES string of the molecule is CCCCNC(=S)N(CCCc1ccccn1)C(=N)N. The van der Waals surface area contributed by atoms with Gasteiger partial charge in [-0.25, -0.2) is 0 Å². The minimum atomic E-state index is -0.0139. The van der Waals surface area contributed by atoms with Gasteiger partial charge in [-0.3, -0.25) is 15.3 Å². The average molecular weight is 293 g/mol. The van der Waals surface area contributed by atoms with Crippen molar-refractivity contribution in [3.05, 3.63) is 30.1 Å². The molecule has 0 radical (unpaired) electrons. The summed E-state index contributed by atoms with van der Waals surface area (Å²) in [7, 11) is 0. The van der Waals surface area contributed by atoms with Crippen LogP contribution in [0.4, 0.5) is 0 Å². The second-order valence-corrected chi connectivity index (χ2v) is 4.93. The van der Waals surface area contributed by atoms with Crippen molar-refractivity contribution in [1.82, 2.24) is 15.2 Å². The van der Waals surface area contributed by atoms with Gasteiger partial charge in [0.05, 0.1) is 0 Å². The van der Waals surface area contributed by atoms with Gasteiger partial charge in [-0.1, -0.05) is 19.4 Å². The Morgan fingerprint density at radius 1 is 1.45 bits per heavy atom. The highest BCUT2D eigenvalue weighted by atomic mass is 32.1. The number of nitrogens with zero attached hydrogens (tertiary/aromatic N) is 2. The van der Waals surface area contributed by atoms with E-state index in [1.165, 1.54) is 0 Å². The van der Waals surface area contributed by atoms with Crippen LogP contribution in [0.1, 0.15) is 31.9 Å². The molecule has 1 heterocycles. The molecule has 0 aliphatic rings. The largest absolute Gasteiger partial charge is 0.370 e. The van der Waals surface area contributed by atoms with Gasteiger partial charge in [0.15, 0.2) is 11.1 Å². The summed E-state index contributed by atoms with van der Waals surface area (Å²) in [4.78, 5) is 5.91. The Morgan fingerprint density at radius 3 is 2.85 bits per heavy atom. The van der Waals surface area contributed by atoms with Crippen molar-refractivity contribution < 1.29 is 0 Å². The maximum Gasteiger partial charge on any atom is 0.194 e. The van der Waals surface area contributed by atoms with E-state index >= 15 is 0 Å². The summed E-state index contributed by atoms with van der Waals surface area (Å²) in [5.74, 6) is -0.0139. The van der Waals surface area contributed by atoms with E-state index in [0.717, 1.165) is 37.9 Å². The van der Waals surface area contributed by atoms with Gasteiger partial charge in [0, 0.05) is 25.0 Å². The zero-order chi connectivity index (χ0) is 14.8. The summed E-state index contributed by atoms with van der Waals surface area (Å²) in [5, 5.41) is 11.3. The van der Waals surface area contributed by atoms with E-state index in [2.05, 4.69) is 17.2 Å². The van der Waals surface area contributed by atoms with E-state index in [1.807, 2.05) is 18.2 Å². The molecule has 0 unspecified atom stereocenters. The maximum absolute atomic E-state index is 7.61. The number of rotatable bonds is 7. The zero-order valence-corrected chi connectivity index (χ0v) is 12.7. The van der Waals surface area contributed by atoms with Crippen LogP contribution in [-0.4, -0.2) is 34.0 Å². The molecule has 0 aliphatic heterocycles. The van der Waals surface area contributed by atoms with Crippen molar-refractivity contribution in [3.8, 4) is 0 Å². The second-order valence-electron chi connectivity index (χ2n) is 4.55. The van der Waals surface area contributed by atoms with E-state index in [9.17, 15) is 0 Å². The molecule has 20 heavy (non-hydrogen) atoms. The lowest BCUT2D eigenvalue weighted by molar-refractivity contribution is 0.548. The quantitative estimate of drug-likeness (QED) is 0.310. The lowest BCUT2D eigenvalue weighted by Crippen LogP contribution is -2.47.